The molecule has 7 heteroatoms. The zero-order valence-corrected chi connectivity index (χ0v) is 18.6. The van der Waals surface area contributed by atoms with Crippen molar-refractivity contribution in [1.82, 2.24) is 10.2 Å². The Labute approximate surface area is 192 Å². The average Bonchev–Trinajstić information content (AvgIpc) is 3.17. The molecule has 2 aromatic rings. The highest BCUT2D eigenvalue weighted by Crippen LogP contribution is 2.51. The highest BCUT2D eigenvalue weighted by molar-refractivity contribution is 5.87. The third kappa shape index (κ3) is 3.86. The molecule has 2 aliphatic carbocycles. The quantitative estimate of drug-likeness (QED) is 0.676. The summed E-state index contributed by atoms with van der Waals surface area (Å²) in [4.78, 5) is 38.6. The van der Waals surface area contributed by atoms with Gasteiger partial charge < -0.3 is 20.1 Å². The molecule has 2 fully saturated rings. The third-order valence-electron chi connectivity index (χ3n) is 7.30. The smallest absolute Gasteiger partial charge is 0.407 e. The van der Waals surface area contributed by atoms with E-state index in [0.29, 0.717) is 19.5 Å². The Balaban J connectivity index is 1.20. The fourth-order valence-electron chi connectivity index (χ4n) is 5.62. The number of fused-ring (bicyclic) bond motifs is 4. The molecule has 7 nitrogen and oxygen atoms in total. The van der Waals surface area contributed by atoms with Crippen molar-refractivity contribution in [3.05, 3.63) is 59.7 Å². The molecule has 33 heavy (non-hydrogen) atoms. The van der Waals surface area contributed by atoms with Gasteiger partial charge in [0.15, 0.2) is 0 Å². The minimum absolute atomic E-state index is 0.0397. The van der Waals surface area contributed by atoms with Gasteiger partial charge in [-0.25, -0.2) is 4.79 Å². The van der Waals surface area contributed by atoms with E-state index in [2.05, 4.69) is 29.6 Å². The summed E-state index contributed by atoms with van der Waals surface area (Å²) in [7, 11) is 0. The summed E-state index contributed by atoms with van der Waals surface area (Å²) in [5.74, 6) is -1.21. The third-order valence-corrected chi connectivity index (χ3v) is 7.30. The van der Waals surface area contributed by atoms with E-state index < -0.39 is 18.1 Å². The van der Waals surface area contributed by atoms with E-state index in [-0.39, 0.29) is 36.2 Å². The molecule has 2 aromatic carbocycles. The van der Waals surface area contributed by atoms with Crippen LogP contribution < -0.4 is 5.32 Å². The van der Waals surface area contributed by atoms with Gasteiger partial charge >= 0.3 is 12.1 Å². The summed E-state index contributed by atoms with van der Waals surface area (Å²) in [6.45, 7) is 3.06. The topological polar surface area (TPSA) is 95.9 Å². The largest absolute Gasteiger partial charge is 0.481 e. The van der Waals surface area contributed by atoms with Crippen molar-refractivity contribution in [2.24, 2.45) is 17.8 Å². The molecule has 1 heterocycles. The fraction of sp³-hybridized carbons (Fsp3) is 0.423. The molecule has 3 aliphatic rings. The first kappa shape index (κ1) is 21.5. The van der Waals surface area contributed by atoms with Gasteiger partial charge in [-0.05, 0) is 40.5 Å². The summed E-state index contributed by atoms with van der Waals surface area (Å²) >= 11 is 0. The molecule has 0 bridgehead atoms. The van der Waals surface area contributed by atoms with E-state index >= 15 is 0 Å². The highest BCUT2D eigenvalue weighted by atomic mass is 16.5. The van der Waals surface area contributed by atoms with E-state index in [4.69, 9.17) is 4.74 Å². The molecular weight excluding hydrogens is 420 g/mol. The van der Waals surface area contributed by atoms with Crippen LogP contribution in [0, 0.1) is 17.8 Å². The Morgan fingerprint density at radius 2 is 1.61 bits per heavy atom. The predicted molar refractivity (Wildman–Crippen MR) is 122 cm³/mol. The van der Waals surface area contributed by atoms with E-state index in [1.54, 1.807) is 4.90 Å². The van der Waals surface area contributed by atoms with E-state index in [9.17, 15) is 19.5 Å². The second kappa shape index (κ2) is 8.54. The average molecular weight is 449 g/mol. The number of benzene rings is 2. The number of hydrogen-bond donors (Lipinski definition) is 2. The number of carboxylic acids is 1. The second-order valence-electron chi connectivity index (χ2n) is 9.25. The fourth-order valence-corrected chi connectivity index (χ4v) is 5.62. The first-order valence-corrected chi connectivity index (χ1v) is 11.6. The Morgan fingerprint density at radius 1 is 1.03 bits per heavy atom. The summed E-state index contributed by atoms with van der Waals surface area (Å²) < 4.78 is 5.61. The number of piperidine rings is 1. The highest BCUT2D eigenvalue weighted by Gasteiger charge is 2.60. The Hall–Kier alpha value is -3.35. The summed E-state index contributed by atoms with van der Waals surface area (Å²) in [5, 5.41) is 12.0. The minimum Gasteiger partial charge on any atom is -0.481 e. The lowest BCUT2D eigenvalue weighted by molar-refractivity contribution is -0.141. The van der Waals surface area contributed by atoms with Crippen molar-refractivity contribution < 1.29 is 24.2 Å². The number of alkyl carbamates (subject to hydrolysis) is 1. The standard InChI is InChI=1S/C26H28N2O5/c1-2-7-22(24(29)28-12-19-20(13-28)23(19)25(30)31)27-26(32)33-14-21-17-10-5-3-8-15(17)16-9-4-6-11-18(16)21/h3-6,8-11,19-23H,2,7,12-14H2,1H3,(H,27,32)(H,30,31)/t19-,20+,22-,23?/m1/s1. The van der Waals surface area contributed by atoms with Gasteiger partial charge in [0.05, 0.1) is 5.92 Å². The number of carboxylic acid groups (broad SMARTS) is 1. The van der Waals surface area contributed by atoms with Crippen LogP contribution in [-0.4, -0.2) is 53.7 Å². The monoisotopic (exact) mass is 448 g/mol. The number of likely N-dealkylation sites (tertiary alicyclic amines) is 1. The SMILES string of the molecule is CCC[C@@H](NC(=O)OCC1c2ccccc2-c2ccccc21)C(=O)N1C[C@@H]2C(C(=O)O)[C@@H]2C1. The number of amides is 2. The molecule has 4 atom stereocenters. The van der Waals surface area contributed by atoms with Crippen LogP contribution in [0.5, 0.6) is 0 Å². The van der Waals surface area contributed by atoms with E-state index in [1.807, 2.05) is 31.2 Å². The lowest BCUT2D eigenvalue weighted by Gasteiger charge is -2.26. The van der Waals surface area contributed by atoms with Gasteiger partial charge in [0, 0.05) is 19.0 Å². The molecule has 172 valence electrons. The van der Waals surface area contributed by atoms with Gasteiger partial charge in [0.25, 0.3) is 0 Å². The zero-order valence-electron chi connectivity index (χ0n) is 18.6. The molecular formula is C26H28N2O5. The maximum Gasteiger partial charge on any atom is 0.407 e. The number of aliphatic carboxylic acids is 1. The number of carbonyl (C=O) groups excluding carboxylic acids is 2. The molecule has 5 rings (SSSR count). The maximum atomic E-state index is 13.0. The number of hydrogen-bond acceptors (Lipinski definition) is 4. The zero-order chi connectivity index (χ0) is 23.1. The second-order valence-corrected chi connectivity index (χ2v) is 9.25. The van der Waals surface area contributed by atoms with Crippen molar-refractivity contribution in [2.45, 2.75) is 31.7 Å². The van der Waals surface area contributed by atoms with Crippen LogP contribution in [0.25, 0.3) is 11.1 Å². The summed E-state index contributed by atoms with van der Waals surface area (Å²) in [6.07, 6.45) is 0.645. The minimum atomic E-state index is -0.779. The summed E-state index contributed by atoms with van der Waals surface area (Å²) in [5.41, 5.74) is 4.59. The van der Waals surface area contributed by atoms with Crippen LogP contribution >= 0.6 is 0 Å². The Bertz CT molecular complexity index is 1040. The number of rotatable bonds is 7. The Morgan fingerprint density at radius 3 is 2.15 bits per heavy atom. The van der Waals surface area contributed by atoms with Crippen LogP contribution in [0.2, 0.25) is 0 Å². The molecule has 2 N–H and O–H groups in total. The van der Waals surface area contributed by atoms with Crippen LogP contribution in [-0.2, 0) is 14.3 Å². The lowest BCUT2D eigenvalue weighted by Crippen LogP contribution is -2.49. The van der Waals surface area contributed by atoms with Crippen LogP contribution in [0.15, 0.2) is 48.5 Å². The number of ether oxygens (including phenoxy) is 1. The number of carbonyl (C=O) groups is 3. The van der Waals surface area contributed by atoms with Gasteiger partial charge in [0.2, 0.25) is 5.91 Å². The van der Waals surface area contributed by atoms with Gasteiger partial charge in [-0.15, -0.1) is 0 Å². The van der Waals surface area contributed by atoms with Gasteiger partial charge in [-0.3, -0.25) is 9.59 Å². The van der Waals surface area contributed by atoms with E-state index in [0.717, 1.165) is 28.7 Å². The molecule has 1 saturated heterocycles. The number of nitrogens with zero attached hydrogens (tertiary/aromatic N) is 1. The molecule has 2 amide bonds. The molecule has 1 saturated carbocycles. The van der Waals surface area contributed by atoms with Crippen molar-refractivity contribution in [3.8, 4) is 11.1 Å². The maximum absolute atomic E-state index is 13.0. The van der Waals surface area contributed by atoms with Crippen molar-refractivity contribution in [2.75, 3.05) is 19.7 Å². The van der Waals surface area contributed by atoms with Crippen LogP contribution in [0.4, 0.5) is 4.79 Å². The lowest BCUT2D eigenvalue weighted by atomic mass is 9.98. The normalized spacial score (nSPS) is 23.3. The van der Waals surface area contributed by atoms with Gasteiger partial charge in [-0.1, -0.05) is 61.9 Å². The van der Waals surface area contributed by atoms with Gasteiger partial charge in [-0.2, -0.15) is 0 Å². The first-order valence-electron chi connectivity index (χ1n) is 11.6. The van der Waals surface area contributed by atoms with Crippen molar-refractivity contribution in [3.63, 3.8) is 0 Å². The molecule has 0 spiro atoms. The number of nitrogens with one attached hydrogen (secondary N) is 1. The molecule has 0 radical (unpaired) electrons. The van der Waals surface area contributed by atoms with Gasteiger partial charge in [0.1, 0.15) is 12.6 Å². The summed E-state index contributed by atoms with van der Waals surface area (Å²) in [6, 6.07) is 15.6. The molecule has 0 aromatic heterocycles. The van der Waals surface area contributed by atoms with Crippen LogP contribution in [0.1, 0.15) is 36.8 Å². The van der Waals surface area contributed by atoms with E-state index in [1.165, 1.54) is 0 Å². The predicted octanol–water partition coefficient (Wildman–Crippen LogP) is 3.48. The van der Waals surface area contributed by atoms with Crippen LogP contribution in [0.3, 0.4) is 0 Å². The Kier molecular flexibility index (Phi) is 5.56. The van der Waals surface area contributed by atoms with Crippen molar-refractivity contribution >= 4 is 18.0 Å². The molecule has 1 aliphatic heterocycles. The van der Waals surface area contributed by atoms with Crippen molar-refractivity contribution in [1.29, 1.82) is 0 Å². The first-order chi connectivity index (χ1) is 16.0. The molecule has 1 unspecified atom stereocenters.